The normalized spacial score (nSPS) is 11.2. The maximum Gasteiger partial charge on any atom is 0.339 e. The van der Waals surface area contributed by atoms with Gasteiger partial charge in [-0.05, 0) is 29.3 Å². The molecule has 3 rings (SSSR count). The Hall–Kier alpha value is -3.45. The molecular weight excluding hydrogens is 366 g/mol. The number of aromatic nitrogens is 3. The fraction of sp³-hybridized carbons (Fsp3) is 0.0526. The van der Waals surface area contributed by atoms with Crippen LogP contribution in [0, 0.1) is 0 Å². The molecule has 2 aromatic carbocycles. The van der Waals surface area contributed by atoms with E-state index in [9.17, 15) is 4.79 Å². The van der Waals surface area contributed by atoms with Crippen molar-refractivity contribution in [1.29, 1.82) is 0 Å². The lowest BCUT2D eigenvalue weighted by atomic mass is 10.0. The molecule has 0 unspecified atom stereocenters. The fourth-order valence-electron chi connectivity index (χ4n) is 2.33. The van der Waals surface area contributed by atoms with Crippen LogP contribution in [0.25, 0.3) is 11.6 Å². The zero-order valence-corrected chi connectivity index (χ0v) is 14.9. The SMILES string of the molecule is Nc1nc(N)nc(COC(=O)/C(=C/c2ccccc2)c2ccc(Cl)cc2)n1. The zero-order chi connectivity index (χ0) is 19.2. The topological polar surface area (TPSA) is 117 Å². The van der Waals surface area contributed by atoms with Gasteiger partial charge in [0.05, 0.1) is 5.57 Å². The second kappa shape index (κ2) is 8.29. The van der Waals surface area contributed by atoms with Crippen molar-refractivity contribution in [2.75, 3.05) is 11.5 Å². The molecule has 1 heterocycles. The lowest BCUT2D eigenvalue weighted by Gasteiger charge is -2.09. The number of ether oxygens (including phenoxy) is 1. The highest BCUT2D eigenvalue weighted by molar-refractivity contribution is 6.30. The average molecular weight is 382 g/mol. The van der Waals surface area contributed by atoms with Crippen molar-refractivity contribution in [3.8, 4) is 0 Å². The number of nitrogens with zero attached hydrogens (tertiary/aromatic N) is 3. The molecule has 0 saturated carbocycles. The zero-order valence-electron chi connectivity index (χ0n) is 14.2. The first-order valence-electron chi connectivity index (χ1n) is 7.97. The number of nitrogen functional groups attached to an aromatic ring is 2. The summed E-state index contributed by atoms with van der Waals surface area (Å²) in [6, 6.07) is 16.3. The van der Waals surface area contributed by atoms with E-state index in [1.807, 2.05) is 30.3 Å². The summed E-state index contributed by atoms with van der Waals surface area (Å²) in [6.07, 6.45) is 1.74. The molecule has 0 radical (unpaired) electrons. The summed E-state index contributed by atoms with van der Waals surface area (Å²) in [5.41, 5.74) is 12.9. The summed E-state index contributed by atoms with van der Waals surface area (Å²) in [4.78, 5) is 24.2. The minimum Gasteiger partial charge on any atom is -0.454 e. The highest BCUT2D eigenvalue weighted by atomic mass is 35.5. The Morgan fingerprint density at radius 2 is 1.59 bits per heavy atom. The number of nitrogens with two attached hydrogens (primary N) is 2. The van der Waals surface area contributed by atoms with Crippen LogP contribution in [-0.4, -0.2) is 20.9 Å². The molecule has 0 aliphatic carbocycles. The van der Waals surface area contributed by atoms with Gasteiger partial charge < -0.3 is 16.2 Å². The molecule has 0 amide bonds. The Kier molecular flexibility index (Phi) is 5.63. The molecule has 7 nitrogen and oxygen atoms in total. The minimum absolute atomic E-state index is 0.0358. The van der Waals surface area contributed by atoms with Gasteiger partial charge in [-0.15, -0.1) is 0 Å². The Morgan fingerprint density at radius 3 is 2.22 bits per heavy atom. The largest absolute Gasteiger partial charge is 0.454 e. The molecule has 0 aliphatic heterocycles. The third kappa shape index (κ3) is 5.02. The number of hydrogen-bond donors (Lipinski definition) is 2. The second-order valence-corrected chi connectivity index (χ2v) is 5.96. The summed E-state index contributed by atoms with van der Waals surface area (Å²) in [5.74, 6) is -0.445. The van der Waals surface area contributed by atoms with Crippen molar-refractivity contribution in [3.05, 3.63) is 76.6 Å². The minimum atomic E-state index is -0.543. The third-order valence-corrected chi connectivity index (χ3v) is 3.79. The monoisotopic (exact) mass is 381 g/mol. The number of carbonyl (C=O) groups excluding carboxylic acids is 1. The van der Waals surface area contributed by atoms with E-state index >= 15 is 0 Å². The second-order valence-electron chi connectivity index (χ2n) is 5.52. The maximum absolute atomic E-state index is 12.7. The Labute approximate surface area is 160 Å². The van der Waals surface area contributed by atoms with Crippen molar-refractivity contribution in [3.63, 3.8) is 0 Å². The molecule has 3 aromatic rings. The van der Waals surface area contributed by atoms with Crippen LogP contribution >= 0.6 is 11.6 Å². The van der Waals surface area contributed by atoms with Gasteiger partial charge >= 0.3 is 5.97 Å². The van der Waals surface area contributed by atoms with Gasteiger partial charge in [-0.3, -0.25) is 0 Å². The molecule has 0 bridgehead atoms. The van der Waals surface area contributed by atoms with Crippen LogP contribution in [0.2, 0.25) is 5.02 Å². The van der Waals surface area contributed by atoms with Gasteiger partial charge in [0.15, 0.2) is 12.4 Å². The number of anilines is 2. The van der Waals surface area contributed by atoms with E-state index in [0.717, 1.165) is 5.56 Å². The summed E-state index contributed by atoms with van der Waals surface area (Å²) in [7, 11) is 0. The molecule has 0 spiro atoms. The van der Waals surface area contributed by atoms with E-state index in [2.05, 4.69) is 15.0 Å². The van der Waals surface area contributed by atoms with Gasteiger partial charge in [0, 0.05) is 5.02 Å². The smallest absolute Gasteiger partial charge is 0.339 e. The van der Waals surface area contributed by atoms with Crippen molar-refractivity contribution in [1.82, 2.24) is 15.0 Å². The molecule has 0 saturated heterocycles. The van der Waals surface area contributed by atoms with Crippen LogP contribution in [0.4, 0.5) is 11.9 Å². The van der Waals surface area contributed by atoms with Crippen molar-refractivity contribution in [2.45, 2.75) is 6.61 Å². The van der Waals surface area contributed by atoms with Crippen LogP contribution in [0.15, 0.2) is 54.6 Å². The number of rotatable bonds is 5. The summed E-state index contributed by atoms with van der Waals surface area (Å²) in [6.45, 7) is -0.185. The van der Waals surface area contributed by atoms with Crippen molar-refractivity contribution >= 4 is 41.1 Å². The molecule has 1 aromatic heterocycles. The van der Waals surface area contributed by atoms with Gasteiger partial charge in [0.25, 0.3) is 0 Å². The third-order valence-electron chi connectivity index (χ3n) is 3.53. The van der Waals surface area contributed by atoms with E-state index in [4.69, 9.17) is 27.8 Å². The predicted octanol–water partition coefficient (Wildman–Crippen LogP) is 2.97. The molecule has 27 heavy (non-hydrogen) atoms. The van der Waals surface area contributed by atoms with E-state index in [-0.39, 0.29) is 24.3 Å². The van der Waals surface area contributed by atoms with Crippen LogP contribution < -0.4 is 11.5 Å². The Morgan fingerprint density at radius 1 is 0.963 bits per heavy atom. The molecular formula is C19H16ClN5O2. The molecule has 4 N–H and O–H groups in total. The molecule has 0 fully saturated rings. The Balaban J connectivity index is 1.86. The lowest BCUT2D eigenvalue weighted by molar-refractivity contribution is -0.138. The standard InChI is InChI=1S/C19H16ClN5O2/c20-14-8-6-13(7-9-14)15(10-12-4-2-1-3-5-12)17(26)27-11-16-23-18(21)25-19(22)24-16/h1-10H,11H2,(H4,21,22,23,24,25)/b15-10+. The van der Waals surface area contributed by atoms with E-state index < -0.39 is 5.97 Å². The van der Waals surface area contributed by atoms with E-state index in [1.165, 1.54) is 0 Å². The van der Waals surface area contributed by atoms with Crippen molar-refractivity contribution < 1.29 is 9.53 Å². The first kappa shape index (κ1) is 18.3. The van der Waals surface area contributed by atoms with E-state index in [1.54, 1.807) is 30.3 Å². The number of benzene rings is 2. The maximum atomic E-state index is 12.7. The highest BCUT2D eigenvalue weighted by Crippen LogP contribution is 2.22. The van der Waals surface area contributed by atoms with Gasteiger partial charge in [-0.2, -0.15) is 15.0 Å². The number of hydrogen-bond acceptors (Lipinski definition) is 7. The Bertz CT molecular complexity index is 955. The highest BCUT2D eigenvalue weighted by Gasteiger charge is 2.15. The average Bonchev–Trinajstić information content (AvgIpc) is 2.65. The van der Waals surface area contributed by atoms with E-state index in [0.29, 0.717) is 16.2 Å². The predicted molar refractivity (Wildman–Crippen MR) is 104 cm³/mol. The first-order valence-corrected chi connectivity index (χ1v) is 8.35. The van der Waals surface area contributed by atoms with Crippen LogP contribution in [0.1, 0.15) is 17.0 Å². The van der Waals surface area contributed by atoms with Crippen LogP contribution in [0.3, 0.4) is 0 Å². The molecule has 0 aliphatic rings. The van der Waals surface area contributed by atoms with Crippen LogP contribution in [-0.2, 0) is 16.1 Å². The molecule has 136 valence electrons. The summed E-state index contributed by atoms with van der Waals surface area (Å²) < 4.78 is 5.35. The van der Waals surface area contributed by atoms with Gasteiger partial charge in [-0.1, -0.05) is 54.1 Å². The quantitative estimate of drug-likeness (QED) is 0.396. The summed E-state index contributed by atoms with van der Waals surface area (Å²) in [5, 5.41) is 0.572. The van der Waals surface area contributed by atoms with Gasteiger partial charge in [-0.25, -0.2) is 4.79 Å². The number of halogens is 1. The van der Waals surface area contributed by atoms with Gasteiger partial charge in [0.2, 0.25) is 11.9 Å². The lowest BCUT2D eigenvalue weighted by Crippen LogP contribution is -2.12. The molecule has 0 atom stereocenters. The molecule has 8 heteroatoms. The fourth-order valence-corrected chi connectivity index (χ4v) is 2.46. The first-order chi connectivity index (χ1) is 13.0. The van der Waals surface area contributed by atoms with Crippen molar-refractivity contribution in [2.24, 2.45) is 0 Å². The summed E-state index contributed by atoms with van der Waals surface area (Å²) >= 11 is 5.95. The number of esters is 1. The number of carbonyl (C=O) groups is 1. The van der Waals surface area contributed by atoms with Crippen LogP contribution in [0.5, 0.6) is 0 Å². The van der Waals surface area contributed by atoms with Gasteiger partial charge in [0.1, 0.15) is 0 Å².